The molecule has 0 amide bonds. The quantitative estimate of drug-likeness (QED) is 0.689. The largest absolute Gasteiger partial charge is 0.356 e. The second kappa shape index (κ2) is 3.23. The van der Waals surface area contributed by atoms with Gasteiger partial charge >= 0.3 is 0 Å². The molecular formula is C12H13N5. The first-order valence-corrected chi connectivity index (χ1v) is 5.98. The fourth-order valence-corrected chi connectivity index (χ4v) is 2.62. The molecule has 4 rings (SSSR count). The van der Waals surface area contributed by atoms with Crippen molar-refractivity contribution in [3.05, 3.63) is 24.7 Å². The molecule has 17 heavy (non-hydrogen) atoms. The summed E-state index contributed by atoms with van der Waals surface area (Å²) in [5, 5.41) is 0. The van der Waals surface area contributed by atoms with Crippen LogP contribution in [0.4, 0.5) is 5.82 Å². The number of aromatic amines is 1. The first-order valence-electron chi connectivity index (χ1n) is 5.98. The van der Waals surface area contributed by atoms with Crippen molar-refractivity contribution in [1.82, 2.24) is 19.4 Å². The summed E-state index contributed by atoms with van der Waals surface area (Å²) in [5.74, 6) is 1.18. The molecule has 0 spiro atoms. The predicted molar refractivity (Wildman–Crippen MR) is 66.3 cm³/mol. The zero-order chi connectivity index (χ0) is 11.2. The average molecular weight is 227 g/mol. The van der Waals surface area contributed by atoms with Crippen LogP contribution in [0.2, 0.25) is 0 Å². The van der Waals surface area contributed by atoms with Crippen LogP contribution in [0.1, 0.15) is 12.8 Å². The van der Waals surface area contributed by atoms with E-state index >= 15 is 0 Å². The maximum absolute atomic E-state index is 4.44. The first-order chi connectivity index (χ1) is 8.43. The maximum atomic E-state index is 4.44. The minimum Gasteiger partial charge on any atom is -0.356 e. The molecule has 1 aliphatic rings. The van der Waals surface area contributed by atoms with Gasteiger partial charge in [0.1, 0.15) is 5.82 Å². The van der Waals surface area contributed by atoms with E-state index in [1.165, 1.54) is 18.7 Å². The van der Waals surface area contributed by atoms with Crippen LogP contribution in [-0.2, 0) is 0 Å². The monoisotopic (exact) mass is 227 g/mol. The number of H-pyrrole nitrogens is 1. The molecular weight excluding hydrogens is 214 g/mol. The molecule has 0 atom stereocenters. The van der Waals surface area contributed by atoms with Gasteiger partial charge in [0.05, 0.1) is 17.9 Å². The number of nitrogens with zero attached hydrogens (tertiary/aromatic N) is 4. The summed E-state index contributed by atoms with van der Waals surface area (Å²) in [6, 6.07) is 2.05. The third-order valence-electron chi connectivity index (χ3n) is 3.45. The van der Waals surface area contributed by atoms with Gasteiger partial charge in [0.2, 0.25) is 0 Å². The van der Waals surface area contributed by atoms with Crippen LogP contribution in [0.5, 0.6) is 0 Å². The summed E-state index contributed by atoms with van der Waals surface area (Å²) in [7, 11) is 0. The van der Waals surface area contributed by atoms with E-state index in [-0.39, 0.29) is 0 Å². The zero-order valence-corrected chi connectivity index (χ0v) is 9.43. The van der Waals surface area contributed by atoms with E-state index in [0.717, 1.165) is 29.9 Å². The zero-order valence-electron chi connectivity index (χ0n) is 9.43. The molecule has 0 unspecified atom stereocenters. The van der Waals surface area contributed by atoms with Crippen molar-refractivity contribution in [2.24, 2.45) is 0 Å². The lowest BCUT2D eigenvalue weighted by molar-refractivity contribution is 0.932. The summed E-state index contributed by atoms with van der Waals surface area (Å²) >= 11 is 0. The van der Waals surface area contributed by atoms with Crippen LogP contribution in [-0.4, -0.2) is 32.4 Å². The Hall–Kier alpha value is -2.04. The second-order valence-electron chi connectivity index (χ2n) is 4.47. The Morgan fingerprint density at radius 1 is 1.12 bits per heavy atom. The van der Waals surface area contributed by atoms with Crippen LogP contribution < -0.4 is 4.90 Å². The normalized spacial score (nSPS) is 16.4. The Labute approximate surface area is 98.1 Å². The fourth-order valence-electron chi connectivity index (χ4n) is 2.62. The number of imidazole rings is 1. The standard InChI is InChI=1S/C12H13N5/c1-2-6-16(5-1)11-8-14-10-7-15-12-9(17(10)11)3-4-13-12/h3-4,7-8,13H,1-2,5-6H2. The van der Waals surface area contributed by atoms with Crippen molar-refractivity contribution >= 4 is 22.6 Å². The van der Waals surface area contributed by atoms with Crippen LogP contribution >= 0.6 is 0 Å². The molecule has 5 heteroatoms. The summed E-state index contributed by atoms with van der Waals surface area (Å²) in [6.07, 6.45) is 8.24. The van der Waals surface area contributed by atoms with Crippen LogP contribution in [0, 0.1) is 0 Å². The van der Waals surface area contributed by atoms with E-state index in [9.17, 15) is 0 Å². The van der Waals surface area contributed by atoms with Gasteiger partial charge in [-0.05, 0) is 18.9 Å². The van der Waals surface area contributed by atoms with Gasteiger partial charge in [-0.1, -0.05) is 0 Å². The van der Waals surface area contributed by atoms with E-state index in [1.54, 1.807) is 0 Å². The van der Waals surface area contributed by atoms with Crippen LogP contribution in [0.25, 0.3) is 16.8 Å². The van der Waals surface area contributed by atoms with E-state index in [0.29, 0.717) is 0 Å². The Morgan fingerprint density at radius 2 is 2.00 bits per heavy atom. The third kappa shape index (κ3) is 1.19. The number of hydrogen-bond acceptors (Lipinski definition) is 3. The summed E-state index contributed by atoms with van der Waals surface area (Å²) < 4.78 is 2.18. The SMILES string of the molecule is c1cc2c(ncc3ncc(N4CCCC4)n32)[nH]1. The molecule has 0 aliphatic carbocycles. The topological polar surface area (TPSA) is 49.2 Å². The minimum atomic E-state index is 0.913. The predicted octanol–water partition coefficient (Wildman–Crippen LogP) is 1.81. The van der Waals surface area contributed by atoms with Crippen LogP contribution in [0.15, 0.2) is 24.7 Å². The third-order valence-corrected chi connectivity index (χ3v) is 3.45. The van der Waals surface area contributed by atoms with Crippen molar-refractivity contribution in [2.45, 2.75) is 12.8 Å². The highest BCUT2D eigenvalue weighted by Gasteiger charge is 2.17. The highest BCUT2D eigenvalue weighted by Crippen LogP contribution is 2.24. The van der Waals surface area contributed by atoms with Crippen molar-refractivity contribution in [3.63, 3.8) is 0 Å². The molecule has 3 aromatic rings. The van der Waals surface area contributed by atoms with Crippen molar-refractivity contribution in [1.29, 1.82) is 0 Å². The number of aromatic nitrogens is 4. The Balaban J connectivity index is 2.05. The van der Waals surface area contributed by atoms with Crippen molar-refractivity contribution in [3.8, 4) is 0 Å². The van der Waals surface area contributed by atoms with Gasteiger partial charge in [-0.25, -0.2) is 9.97 Å². The highest BCUT2D eigenvalue weighted by atomic mass is 15.3. The summed E-state index contributed by atoms with van der Waals surface area (Å²) in [6.45, 7) is 2.25. The van der Waals surface area contributed by atoms with Gasteiger partial charge in [-0.2, -0.15) is 0 Å². The summed E-state index contributed by atoms with van der Waals surface area (Å²) in [5.41, 5.74) is 2.93. The maximum Gasteiger partial charge on any atom is 0.157 e. The number of hydrogen-bond donors (Lipinski definition) is 1. The Kier molecular flexibility index (Phi) is 1.72. The lowest BCUT2D eigenvalue weighted by Gasteiger charge is -2.16. The van der Waals surface area contributed by atoms with Gasteiger partial charge in [0.25, 0.3) is 0 Å². The van der Waals surface area contributed by atoms with Gasteiger partial charge in [0.15, 0.2) is 11.3 Å². The molecule has 0 radical (unpaired) electrons. The Bertz CT molecular complexity index is 674. The molecule has 5 nitrogen and oxygen atoms in total. The average Bonchev–Trinajstić information content (AvgIpc) is 3.08. The molecule has 1 aliphatic heterocycles. The molecule has 1 saturated heterocycles. The number of nitrogens with one attached hydrogen (secondary N) is 1. The Morgan fingerprint density at radius 3 is 2.88 bits per heavy atom. The summed E-state index contributed by atoms with van der Waals surface area (Å²) in [4.78, 5) is 14.3. The lowest BCUT2D eigenvalue weighted by Crippen LogP contribution is -2.19. The molecule has 1 N–H and O–H groups in total. The van der Waals surface area contributed by atoms with Crippen LogP contribution in [0.3, 0.4) is 0 Å². The number of fused-ring (bicyclic) bond motifs is 3. The minimum absolute atomic E-state index is 0.913. The van der Waals surface area contributed by atoms with Gasteiger partial charge in [-0.3, -0.25) is 4.40 Å². The van der Waals surface area contributed by atoms with E-state index in [2.05, 4.69) is 30.3 Å². The molecule has 0 aromatic carbocycles. The smallest absolute Gasteiger partial charge is 0.157 e. The van der Waals surface area contributed by atoms with E-state index in [4.69, 9.17) is 0 Å². The van der Waals surface area contributed by atoms with E-state index < -0.39 is 0 Å². The molecule has 0 bridgehead atoms. The van der Waals surface area contributed by atoms with Gasteiger partial charge < -0.3 is 9.88 Å². The highest BCUT2D eigenvalue weighted by molar-refractivity contribution is 5.77. The van der Waals surface area contributed by atoms with Gasteiger partial charge in [0, 0.05) is 19.3 Å². The number of anilines is 1. The molecule has 4 heterocycles. The fraction of sp³-hybridized carbons (Fsp3) is 0.333. The van der Waals surface area contributed by atoms with E-state index in [1.807, 2.05) is 18.6 Å². The molecule has 1 fully saturated rings. The molecule has 3 aromatic heterocycles. The van der Waals surface area contributed by atoms with Crippen molar-refractivity contribution in [2.75, 3.05) is 18.0 Å². The molecule has 0 saturated carbocycles. The van der Waals surface area contributed by atoms with Gasteiger partial charge in [-0.15, -0.1) is 0 Å². The van der Waals surface area contributed by atoms with Crippen molar-refractivity contribution < 1.29 is 0 Å². The second-order valence-corrected chi connectivity index (χ2v) is 4.47. The lowest BCUT2D eigenvalue weighted by atomic mass is 10.4. The molecule has 86 valence electrons. The number of rotatable bonds is 1. The first kappa shape index (κ1) is 9.04.